The fraction of sp³-hybridized carbons (Fsp3) is 0.571. The maximum atomic E-state index is 12.4. The van der Waals surface area contributed by atoms with Gasteiger partial charge in [-0.15, -0.1) is 0 Å². The zero-order chi connectivity index (χ0) is 14.5. The Morgan fingerprint density at radius 2 is 1.68 bits per heavy atom. The van der Waals surface area contributed by atoms with E-state index < -0.39 is 11.7 Å². The van der Waals surface area contributed by atoms with Gasteiger partial charge in [0.15, 0.2) is 0 Å². The second kappa shape index (κ2) is 6.80. The molecule has 1 aromatic carbocycles. The molecule has 0 saturated heterocycles. The van der Waals surface area contributed by atoms with Gasteiger partial charge in [-0.25, -0.2) is 0 Å². The number of nitrogens with one attached hydrogen (secondary N) is 1. The largest absolute Gasteiger partial charge is 0.493 e. The van der Waals surface area contributed by atoms with E-state index in [2.05, 4.69) is 19.2 Å². The van der Waals surface area contributed by atoms with Gasteiger partial charge in [0.2, 0.25) is 0 Å². The van der Waals surface area contributed by atoms with Gasteiger partial charge in [-0.2, -0.15) is 13.2 Å². The molecule has 108 valence electrons. The highest BCUT2D eigenvalue weighted by molar-refractivity contribution is 5.28. The van der Waals surface area contributed by atoms with Crippen molar-refractivity contribution in [3.8, 4) is 5.75 Å². The third-order valence-corrected chi connectivity index (χ3v) is 2.59. The lowest BCUT2D eigenvalue weighted by Crippen LogP contribution is -2.30. The number of benzene rings is 1. The number of halogens is 3. The standard InChI is InChI=1S/C14H20F3NO/c1-10(2)18-8-11(3)9-19-13-6-4-12(5-7-13)14(15,16)17/h4-7,10-11,18H,8-9H2,1-3H3. The number of ether oxygens (including phenoxy) is 1. The van der Waals surface area contributed by atoms with Gasteiger partial charge in [0.25, 0.3) is 0 Å². The Kier molecular flexibility index (Phi) is 5.66. The molecular weight excluding hydrogens is 255 g/mol. The van der Waals surface area contributed by atoms with Crippen molar-refractivity contribution in [3.05, 3.63) is 29.8 Å². The van der Waals surface area contributed by atoms with Gasteiger partial charge in [-0.05, 0) is 24.3 Å². The smallest absolute Gasteiger partial charge is 0.416 e. The van der Waals surface area contributed by atoms with Gasteiger partial charge in [0.05, 0.1) is 12.2 Å². The summed E-state index contributed by atoms with van der Waals surface area (Å²) in [5.74, 6) is 0.758. The molecule has 0 amide bonds. The van der Waals surface area contributed by atoms with Crippen molar-refractivity contribution in [1.82, 2.24) is 5.32 Å². The summed E-state index contributed by atoms with van der Waals surface area (Å²) in [6.45, 7) is 7.44. The minimum absolute atomic E-state index is 0.296. The van der Waals surface area contributed by atoms with Gasteiger partial charge in [-0.3, -0.25) is 0 Å². The van der Waals surface area contributed by atoms with Crippen LogP contribution >= 0.6 is 0 Å². The SMILES string of the molecule is CC(CNC(C)C)COc1ccc(C(F)(F)F)cc1. The zero-order valence-electron chi connectivity index (χ0n) is 11.4. The summed E-state index contributed by atoms with van der Waals surface area (Å²) < 4.78 is 42.5. The normalized spacial score (nSPS) is 13.6. The van der Waals surface area contributed by atoms with E-state index in [1.54, 1.807) is 0 Å². The lowest BCUT2D eigenvalue weighted by atomic mass is 10.2. The van der Waals surface area contributed by atoms with Crippen LogP contribution in [0.2, 0.25) is 0 Å². The highest BCUT2D eigenvalue weighted by atomic mass is 19.4. The van der Waals surface area contributed by atoms with Crippen molar-refractivity contribution in [3.63, 3.8) is 0 Å². The lowest BCUT2D eigenvalue weighted by Gasteiger charge is -2.16. The van der Waals surface area contributed by atoms with E-state index in [1.165, 1.54) is 12.1 Å². The molecular formula is C14H20F3NO. The van der Waals surface area contributed by atoms with Gasteiger partial charge in [-0.1, -0.05) is 20.8 Å². The second-order valence-corrected chi connectivity index (χ2v) is 5.00. The number of hydrogen-bond acceptors (Lipinski definition) is 2. The van der Waals surface area contributed by atoms with Crippen LogP contribution in [0.1, 0.15) is 26.3 Å². The Morgan fingerprint density at radius 1 is 1.11 bits per heavy atom. The summed E-state index contributed by atoms with van der Waals surface area (Å²) in [5.41, 5.74) is -0.658. The van der Waals surface area contributed by atoms with Crippen LogP contribution in [0.5, 0.6) is 5.75 Å². The van der Waals surface area contributed by atoms with E-state index in [1.807, 2.05) is 6.92 Å². The quantitative estimate of drug-likeness (QED) is 0.854. The van der Waals surface area contributed by atoms with E-state index in [0.29, 0.717) is 24.3 Å². The molecule has 19 heavy (non-hydrogen) atoms. The molecule has 1 unspecified atom stereocenters. The predicted octanol–water partition coefficient (Wildman–Crippen LogP) is 3.72. The van der Waals surface area contributed by atoms with E-state index >= 15 is 0 Å². The third kappa shape index (κ3) is 5.96. The van der Waals surface area contributed by atoms with E-state index in [9.17, 15) is 13.2 Å². The first kappa shape index (κ1) is 15.8. The van der Waals surface area contributed by atoms with Gasteiger partial charge in [0.1, 0.15) is 5.75 Å². The summed E-state index contributed by atoms with van der Waals surface area (Å²) in [4.78, 5) is 0. The molecule has 0 heterocycles. The molecule has 0 aliphatic heterocycles. The highest BCUT2D eigenvalue weighted by Crippen LogP contribution is 2.30. The molecule has 0 radical (unpaired) electrons. The first-order valence-corrected chi connectivity index (χ1v) is 6.32. The molecule has 1 N–H and O–H groups in total. The Labute approximate surface area is 112 Å². The van der Waals surface area contributed by atoms with Crippen molar-refractivity contribution in [2.24, 2.45) is 5.92 Å². The Bertz CT molecular complexity index is 373. The summed E-state index contributed by atoms with van der Waals surface area (Å²) in [5, 5.41) is 3.28. The maximum absolute atomic E-state index is 12.4. The fourth-order valence-corrected chi connectivity index (χ4v) is 1.47. The van der Waals surface area contributed by atoms with Crippen LogP contribution < -0.4 is 10.1 Å². The molecule has 0 spiro atoms. The highest BCUT2D eigenvalue weighted by Gasteiger charge is 2.29. The van der Waals surface area contributed by atoms with Crippen molar-refractivity contribution in [2.75, 3.05) is 13.2 Å². The van der Waals surface area contributed by atoms with Crippen molar-refractivity contribution in [2.45, 2.75) is 33.0 Å². The summed E-state index contributed by atoms with van der Waals surface area (Å²) in [6.07, 6.45) is -4.30. The zero-order valence-corrected chi connectivity index (χ0v) is 11.4. The summed E-state index contributed by atoms with van der Waals surface area (Å²) in [7, 11) is 0. The Balaban J connectivity index is 2.42. The molecule has 0 aliphatic rings. The van der Waals surface area contributed by atoms with Crippen LogP contribution in [0.25, 0.3) is 0 Å². The molecule has 0 aliphatic carbocycles. The lowest BCUT2D eigenvalue weighted by molar-refractivity contribution is -0.137. The van der Waals surface area contributed by atoms with Crippen LogP contribution in [0.4, 0.5) is 13.2 Å². The molecule has 0 aromatic heterocycles. The minimum Gasteiger partial charge on any atom is -0.493 e. The third-order valence-electron chi connectivity index (χ3n) is 2.59. The van der Waals surface area contributed by atoms with Crippen LogP contribution in [-0.4, -0.2) is 19.2 Å². The molecule has 5 heteroatoms. The van der Waals surface area contributed by atoms with Crippen molar-refractivity contribution < 1.29 is 17.9 Å². The van der Waals surface area contributed by atoms with Crippen molar-refractivity contribution in [1.29, 1.82) is 0 Å². The number of hydrogen-bond donors (Lipinski definition) is 1. The van der Waals surface area contributed by atoms with E-state index in [-0.39, 0.29) is 0 Å². The first-order chi connectivity index (χ1) is 8.79. The van der Waals surface area contributed by atoms with Crippen LogP contribution in [0, 0.1) is 5.92 Å². The predicted molar refractivity (Wildman–Crippen MR) is 69.2 cm³/mol. The van der Waals surface area contributed by atoms with Crippen molar-refractivity contribution >= 4 is 0 Å². The fourth-order valence-electron chi connectivity index (χ4n) is 1.47. The molecule has 1 atom stereocenters. The maximum Gasteiger partial charge on any atom is 0.416 e. The molecule has 2 nitrogen and oxygen atoms in total. The first-order valence-electron chi connectivity index (χ1n) is 6.32. The second-order valence-electron chi connectivity index (χ2n) is 5.00. The van der Waals surface area contributed by atoms with E-state index in [4.69, 9.17) is 4.74 Å². The Hall–Kier alpha value is -1.23. The molecule has 0 bridgehead atoms. The van der Waals surface area contributed by atoms with Gasteiger partial charge >= 0.3 is 6.18 Å². The van der Waals surface area contributed by atoms with Gasteiger partial charge in [0, 0.05) is 18.5 Å². The average Bonchev–Trinajstić information content (AvgIpc) is 2.33. The van der Waals surface area contributed by atoms with E-state index in [0.717, 1.165) is 18.7 Å². The van der Waals surface area contributed by atoms with Crippen LogP contribution in [-0.2, 0) is 6.18 Å². The Morgan fingerprint density at radius 3 is 2.16 bits per heavy atom. The molecule has 1 aromatic rings. The topological polar surface area (TPSA) is 21.3 Å². The minimum atomic E-state index is -4.30. The molecule has 0 fully saturated rings. The molecule has 1 rings (SSSR count). The van der Waals surface area contributed by atoms with Gasteiger partial charge < -0.3 is 10.1 Å². The number of rotatable bonds is 6. The molecule has 0 saturated carbocycles. The van der Waals surface area contributed by atoms with Crippen LogP contribution in [0.3, 0.4) is 0 Å². The average molecular weight is 275 g/mol. The monoisotopic (exact) mass is 275 g/mol. The summed E-state index contributed by atoms with van der Waals surface area (Å²) in [6, 6.07) is 5.18. The summed E-state index contributed by atoms with van der Waals surface area (Å²) >= 11 is 0. The number of alkyl halides is 3. The van der Waals surface area contributed by atoms with Crippen LogP contribution in [0.15, 0.2) is 24.3 Å².